The fraction of sp³-hybridized carbons (Fsp3) is 0. The van der Waals surface area contributed by atoms with Gasteiger partial charge >= 0.3 is 0 Å². The molecule has 0 fully saturated rings. The third-order valence-corrected chi connectivity index (χ3v) is 3.57. The van der Waals surface area contributed by atoms with E-state index in [1.54, 1.807) is 6.07 Å². The van der Waals surface area contributed by atoms with E-state index in [0.717, 1.165) is 6.07 Å². The average molecular weight is 283 g/mol. The fourth-order valence-electron chi connectivity index (χ4n) is 1.62. The summed E-state index contributed by atoms with van der Waals surface area (Å²) in [5, 5.41) is 2.76. The summed E-state index contributed by atoms with van der Waals surface area (Å²) in [4.78, 5) is 8.83. The highest BCUT2D eigenvalue weighted by atomic mass is 35.5. The number of halogens is 3. The summed E-state index contributed by atoms with van der Waals surface area (Å²) in [5.74, 6) is -1.81. The second-order valence-corrected chi connectivity index (χ2v) is 4.83. The Morgan fingerprint density at radius 1 is 1.11 bits per heavy atom. The molecule has 0 saturated heterocycles. The molecule has 90 valence electrons. The van der Waals surface area contributed by atoms with Crippen LogP contribution in [0.15, 0.2) is 29.6 Å². The molecule has 3 aromatic rings. The van der Waals surface area contributed by atoms with Gasteiger partial charge in [0, 0.05) is 5.39 Å². The number of hydrogen-bond donors (Lipinski definition) is 0. The fourth-order valence-corrected chi connectivity index (χ4v) is 2.67. The smallest absolute Gasteiger partial charge is 0.169 e. The first-order valence-electron chi connectivity index (χ1n) is 5.02. The van der Waals surface area contributed by atoms with Crippen molar-refractivity contribution in [2.24, 2.45) is 0 Å². The van der Waals surface area contributed by atoms with E-state index in [1.165, 1.54) is 23.5 Å². The number of thiophene rings is 1. The lowest BCUT2D eigenvalue weighted by molar-refractivity contribution is 0.510. The summed E-state index contributed by atoms with van der Waals surface area (Å²) in [7, 11) is 0. The van der Waals surface area contributed by atoms with Gasteiger partial charge in [-0.2, -0.15) is 0 Å². The molecule has 0 radical (unpaired) electrons. The van der Waals surface area contributed by atoms with Crippen molar-refractivity contribution in [3.8, 4) is 11.4 Å². The lowest BCUT2D eigenvalue weighted by Gasteiger charge is -2.03. The zero-order valence-electron chi connectivity index (χ0n) is 8.82. The van der Waals surface area contributed by atoms with Gasteiger partial charge in [0.1, 0.15) is 9.98 Å². The zero-order valence-corrected chi connectivity index (χ0v) is 10.4. The normalized spacial score (nSPS) is 11.1. The van der Waals surface area contributed by atoms with Crippen LogP contribution < -0.4 is 0 Å². The molecule has 18 heavy (non-hydrogen) atoms. The zero-order chi connectivity index (χ0) is 12.7. The summed E-state index contributed by atoms with van der Waals surface area (Å²) >= 11 is 7.35. The molecule has 0 saturated carbocycles. The van der Waals surface area contributed by atoms with Crippen molar-refractivity contribution in [1.82, 2.24) is 9.97 Å². The Bertz CT molecular complexity index is 742. The molecule has 0 N–H and O–H groups in total. The first-order chi connectivity index (χ1) is 8.66. The van der Waals surface area contributed by atoms with Crippen molar-refractivity contribution < 1.29 is 8.78 Å². The van der Waals surface area contributed by atoms with Crippen LogP contribution in [0.1, 0.15) is 0 Å². The Hall–Kier alpha value is -1.59. The first-order valence-corrected chi connectivity index (χ1v) is 6.27. The predicted molar refractivity (Wildman–Crippen MR) is 67.8 cm³/mol. The van der Waals surface area contributed by atoms with E-state index in [1.807, 2.05) is 5.38 Å². The molecule has 0 aliphatic heterocycles. The quantitative estimate of drug-likeness (QED) is 0.622. The van der Waals surface area contributed by atoms with Crippen LogP contribution in [0, 0.1) is 11.6 Å². The van der Waals surface area contributed by atoms with Gasteiger partial charge in [0.05, 0.1) is 5.56 Å². The van der Waals surface area contributed by atoms with Gasteiger partial charge in [-0.25, -0.2) is 18.7 Å². The highest BCUT2D eigenvalue weighted by molar-refractivity contribution is 7.16. The average Bonchev–Trinajstić information content (AvgIpc) is 2.81. The molecule has 2 aromatic heterocycles. The van der Waals surface area contributed by atoms with E-state index in [2.05, 4.69) is 9.97 Å². The monoisotopic (exact) mass is 282 g/mol. The molecule has 0 atom stereocenters. The highest BCUT2D eigenvalue weighted by Crippen LogP contribution is 2.29. The van der Waals surface area contributed by atoms with Crippen molar-refractivity contribution in [3.63, 3.8) is 0 Å². The van der Waals surface area contributed by atoms with E-state index in [0.29, 0.717) is 10.2 Å². The molecule has 0 bridgehead atoms. The van der Waals surface area contributed by atoms with Crippen molar-refractivity contribution in [3.05, 3.63) is 46.4 Å². The van der Waals surface area contributed by atoms with E-state index >= 15 is 0 Å². The second-order valence-electron chi connectivity index (χ2n) is 3.58. The lowest BCUT2D eigenvalue weighted by Crippen LogP contribution is -1.95. The largest absolute Gasteiger partial charge is 0.217 e. The van der Waals surface area contributed by atoms with Crippen LogP contribution in [0.4, 0.5) is 8.78 Å². The summed E-state index contributed by atoms with van der Waals surface area (Å²) < 4.78 is 26.8. The van der Waals surface area contributed by atoms with Gasteiger partial charge in [-0.15, -0.1) is 11.3 Å². The number of hydrogen-bond acceptors (Lipinski definition) is 3. The Kier molecular flexibility index (Phi) is 2.72. The van der Waals surface area contributed by atoms with Crippen molar-refractivity contribution in [1.29, 1.82) is 0 Å². The molecule has 0 spiro atoms. The Morgan fingerprint density at radius 3 is 2.78 bits per heavy atom. The van der Waals surface area contributed by atoms with Gasteiger partial charge in [-0.3, -0.25) is 0 Å². The summed E-state index contributed by atoms with van der Waals surface area (Å²) in [6, 6.07) is 5.66. The maximum Gasteiger partial charge on any atom is 0.169 e. The van der Waals surface area contributed by atoms with Crippen LogP contribution in [0.5, 0.6) is 0 Å². The molecule has 6 heteroatoms. The molecule has 1 aromatic carbocycles. The molecule has 2 nitrogen and oxygen atoms in total. The third-order valence-electron chi connectivity index (χ3n) is 2.47. The second kappa shape index (κ2) is 4.26. The van der Waals surface area contributed by atoms with E-state index in [4.69, 9.17) is 11.6 Å². The van der Waals surface area contributed by atoms with E-state index < -0.39 is 11.6 Å². The van der Waals surface area contributed by atoms with E-state index in [-0.39, 0.29) is 16.5 Å². The van der Waals surface area contributed by atoms with Gasteiger partial charge in [0.15, 0.2) is 17.5 Å². The number of benzene rings is 1. The highest BCUT2D eigenvalue weighted by Gasteiger charge is 2.14. The standard InChI is InChI=1S/C12H5ClF2N2S/c13-10-7-4-5-18-12(7)17-11(16-10)6-2-1-3-8(14)9(6)15/h1-5H. The molecular weight excluding hydrogens is 278 g/mol. The Balaban J connectivity index is 2.28. The van der Waals surface area contributed by atoms with Gasteiger partial charge in [0.25, 0.3) is 0 Å². The molecule has 0 aliphatic rings. The summed E-state index contributed by atoms with van der Waals surface area (Å²) in [6.45, 7) is 0. The van der Waals surface area contributed by atoms with Crippen LogP contribution in [0.25, 0.3) is 21.6 Å². The van der Waals surface area contributed by atoms with Gasteiger partial charge in [0.2, 0.25) is 0 Å². The third kappa shape index (κ3) is 1.76. The Labute approximate surface area is 110 Å². The van der Waals surface area contributed by atoms with Crippen LogP contribution in [-0.4, -0.2) is 9.97 Å². The number of rotatable bonds is 1. The van der Waals surface area contributed by atoms with Crippen molar-refractivity contribution >= 4 is 33.2 Å². The first kappa shape index (κ1) is 11.5. The molecule has 3 rings (SSSR count). The van der Waals surface area contributed by atoms with Crippen LogP contribution in [0.3, 0.4) is 0 Å². The maximum absolute atomic E-state index is 13.7. The topological polar surface area (TPSA) is 25.8 Å². The minimum atomic E-state index is -0.968. The molecule has 0 unspecified atom stereocenters. The van der Waals surface area contributed by atoms with Crippen LogP contribution in [-0.2, 0) is 0 Å². The van der Waals surface area contributed by atoms with Gasteiger partial charge in [-0.05, 0) is 23.6 Å². The molecule has 2 heterocycles. The molecular formula is C12H5ClF2N2S. The number of aromatic nitrogens is 2. The number of nitrogens with zero attached hydrogens (tertiary/aromatic N) is 2. The van der Waals surface area contributed by atoms with Crippen LogP contribution in [0.2, 0.25) is 5.15 Å². The minimum Gasteiger partial charge on any atom is -0.217 e. The van der Waals surface area contributed by atoms with Gasteiger partial charge in [-0.1, -0.05) is 17.7 Å². The SMILES string of the molecule is Fc1cccc(-c2nc(Cl)c3ccsc3n2)c1F. The van der Waals surface area contributed by atoms with Crippen molar-refractivity contribution in [2.45, 2.75) is 0 Å². The van der Waals surface area contributed by atoms with E-state index in [9.17, 15) is 8.78 Å². The van der Waals surface area contributed by atoms with Crippen molar-refractivity contribution in [2.75, 3.05) is 0 Å². The van der Waals surface area contributed by atoms with Crippen LogP contribution >= 0.6 is 22.9 Å². The maximum atomic E-state index is 13.7. The predicted octanol–water partition coefficient (Wildman–Crippen LogP) is 4.29. The lowest BCUT2D eigenvalue weighted by atomic mass is 10.2. The summed E-state index contributed by atoms with van der Waals surface area (Å²) in [5.41, 5.74) is 0.00667. The summed E-state index contributed by atoms with van der Waals surface area (Å²) in [6.07, 6.45) is 0. The molecule has 0 amide bonds. The number of fused-ring (bicyclic) bond motifs is 1. The van der Waals surface area contributed by atoms with Gasteiger partial charge < -0.3 is 0 Å². The Morgan fingerprint density at radius 2 is 1.94 bits per heavy atom. The molecule has 0 aliphatic carbocycles. The minimum absolute atomic E-state index is 0.00667.